The lowest BCUT2D eigenvalue weighted by molar-refractivity contribution is -0.122. The van der Waals surface area contributed by atoms with Gasteiger partial charge in [-0.15, -0.1) is 0 Å². The molecule has 2 fully saturated rings. The summed E-state index contributed by atoms with van der Waals surface area (Å²) >= 11 is 0. The van der Waals surface area contributed by atoms with E-state index in [1.54, 1.807) is 6.20 Å². The summed E-state index contributed by atoms with van der Waals surface area (Å²) in [5.41, 5.74) is 6.62. The first kappa shape index (κ1) is 16.2. The molecule has 126 valence electrons. The number of nitrogens with zero attached hydrogens (tertiary/aromatic N) is 2. The Kier molecular flexibility index (Phi) is 4.82. The van der Waals surface area contributed by atoms with Gasteiger partial charge in [-0.25, -0.2) is 4.98 Å². The zero-order valence-corrected chi connectivity index (χ0v) is 13.8. The maximum Gasteiger partial charge on any atom is 0.229 e. The predicted molar refractivity (Wildman–Crippen MR) is 90.4 cm³/mol. The minimum absolute atomic E-state index is 0.00984. The fraction of sp³-hybridized carbons (Fsp3) is 0.647. The van der Waals surface area contributed by atoms with Crippen LogP contribution in [-0.2, 0) is 9.53 Å². The van der Waals surface area contributed by atoms with Crippen molar-refractivity contribution in [1.82, 2.24) is 4.98 Å². The highest BCUT2D eigenvalue weighted by molar-refractivity contribution is 5.93. The van der Waals surface area contributed by atoms with Crippen molar-refractivity contribution in [3.05, 3.63) is 18.3 Å². The molecule has 6 heteroatoms. The van der Waals surface area contributed by atoms with E-state index < -0.39 is 5.54 Å². The van der Waals surface area contributed by atoms with Crippen LogP contribution in [0.15, 0.2) is 18.3 Å². The Bertz CT molecular complexity index is 538. The minimum Gasteiger partial charge on any atom is -0.378 e. The van der Waals surface area contributed by atoms with E-state index in [9.17, 15) is 4.79 Å². The first-order chi connectivity index (χ1) is 11.1. The minimum atomic E-state index is -0.413. The van der Waals surface area contributed by atoms with E-state index in [0.29, 0.717) is 0 Å². The van der Waals surface area contributed by atoms with E-state index in [0.717, 1.165) is 63.5 Å². The summed E-state index contributed by atoms with van der Waals surface area (Å²) in [5, 5.41) is 2.97. The summed E-state index contributed by atoms with van der Waals surface area (Å²) in [7, 11) is 0. The van der Waals surface area contributed by atoms with Crippen molar-refractivity contribution in [2.45, 2.75) is 38.1 Å². The molecule has 1 aliphatic carbocycles. The number of amides is 1. The number of pyridine rings is 1. The molecule has 1 saturated heterocycles. The zero-order chi connectivity index (χ0) is 16.3. The number of ether oxygens (including phenoxy) is 1. The van der Waals surface area contributed by atoms with Gasteiger partial charge in [0, 0.05) is 18.6 Å². The normalized spacial score (nSPS) is 28.4. The molecule has 2 unspecified atom stereocenters. The standard InChI is InChI=1S/C17H26N4O2/c1-17(18)7-3-2-4-14(17)16(22)20-13-5-6-15(19-12-13)21-8-10-23-11-9-21/h5-6,12,14H,2-4,7-11,18H2,1H3,(H,20,22). The van der Waals surface area contributed by atoms with Gasteiger partial charge < -0.3 is 20.7 Å². The number of hydrogen-bond donors (Lipinski definition) is 2. The molecule has 1 aromatic heterocycles. The van der Waals surface area contributed by atoms with Gasteiger partial charge in [-0.05, 0) is 31.9 Å². The number of rotatable bonds is 3. The van der Waals surface area contributed by atoms with Crippen molar-refractivity contribution in [3.8, 4) is 0 Å². The van der Waals surface area contributed by atoms with Gasteiger partial charge in [0.1, 0.15) is 5.82 Å². The molecule has 1 amide bonds. The average molecular weight is 318 g/mol. The van der Waals surface area contributed by atoms with Crippen LogP contribution in [0.2, 0.25) is 0 Å². The van der Waals surface area contributed by atoms with Gasteiger partial charge >= 0.3 is 0 Å². The van der Waals surface area contributed by atoms with Crippen LogP contribution in [-0.4, -0.2) is 42.7 Å². The Hall–Kier alpha value is -1.66. The fourth-order valence-electron chi connectivity index (χ4n) is 3.46. The molecule has 0 aromatic carbocycles. The number of aromatic nitrogens is 1. The summed E-state index contributed by atoms with van der Waals surface area (Å²) in [6.45, 7) is 5.16. The number of morpholine rings is 1. The number of carbonyl (C=O) groups is 1. The molecule has 2 atom stereocenters. The largest absolute Gasteiger partial charge is 0.378 e. The molecular formula is C17H26N4O2. The Balaban J connectivity index is 1.62. The van der Waals surface area contributed by atoms with E-state index in [-0.39, 0.29) is 11.8 Å². The van der Waals surface area contributed by atoms with Crippen molar-refractivity contribution in [3.63, 3.8) is 0 Å². The number of hydrogen-bond acceptors (Lipinski definition) is 5. The fourth-order valence-corrected chi connectivity index (χ4v) is 3.46. The second kappa shape index (κ2) is 6.84. The Labute approximate surface area is 137 Å². The lowest BCUT2D eigenvalue weighted by Crippen LogP contribution is -2.51. The molecule has 23 heavy (non-hydrogen) atoms. The number of nitrogens with two attached hydrogens (primary N) is 1. The summed E-state index contributed by atoms with van der Waals surface area (Å²) in [4.78, 5) is 19.2. The Morgan fingerprint density at radius 2 is 2.17 bits per heavy atom. The van der Waals surface area contributed by atoms with E-state index in [1.165, 1.54) is 0 Å². The van der Waals surface area contributed by atoms with Gasteiger partial charge in [0.25, 0.3) is 0 Å². The smallest absolute Gasteiger partial charge is 0.229 e. The third kappa shape index (κ3) is 3.82. The third-order valence-corrected chi connectivity index (χ3v) is 4.92. The highest BCUT2D eigenvalue weighted by Gasteiger charge is 2.37. The number of nitrogens with one attached hydrogen (secondary N) is 1. The molecule has 3 N–H and O–H groups in total. The second-order valence-corrected chi connectivity index (χ2v) is 6.80. The first-order valence-electron chi connectivity index (χ1n) is 8.45. The highest BCUT2D eigenvalue weighted by Crippen LogP contribution is 2.32. The van der Waals surface area contributed by atoms with Crippen molar-refractivity contribution in [1.29, 1.82) is 0 Å². The molecule has 1 aromatic rings. The molecule has 6 nitrogen and oxygen atoms in total. The molecule has 1 aliphatic heterocycles. The molecule has 3 rings (SSSR count). The van der Waals surface area contributed by atoms with E-state index in [1.807, 2.05) is 19.1 Å². The summed E-state index contributed by atoms with van der Waals surface area (Å²) < 4.78 is 5.35. The Morgan fingerprint density at radius 1 is 1.39 bits per heavy atom. The van der Waals surface area contributed by atoms with Gasteiger partial charge in [0.05, 0.1) is 31.0 Å². The van der Waals surface area contributed by atoms with Crippen LogP contribution in [0.5, 0.6) is 0 Å². The van der Waals surface area contributed by atoms with E-state index in [4.69, 9.17) is 10.5 Å². The second-order valence-electron chi connectivity index (χ2n) is 6.80. The monoisotopic (exact) mass is 318 g/mol. The molecule has 2 heterocycles. The van der Waals surface area contributed by atoms with Crippen molar-refractivity contribution < 1.29 is 9.53 Å². The Morgan fingerprint density at radius 3 is 2.83 bits per heavy atom. The topological polar surface area (TPSA) is 80.5 Å². The predicted octanol–water partition coefficient (Wildman–Crippen LogP) is 1.76. The number of carbonyl (C=O) groups excluding carboxylic acids is 1. The van der Waals surface area contributed by atoms with Crippen molar-refractivity contribution >= 4 is 17.4 Å². The van der Waals surface area contributed by atoms with Crippen LogP contribution in [0.4, 0.5) is 11.5 Å². The molecular weight excluding hydrogens is 292 g/mol. The van der Waals surface area contributed by atoms with Gasteiger partial charge in [-0.2, -0.15) is 0 Å². The molecule has 0 bridgehead atoms. The summed E-state index contributed by atoms with van der Waals surface area (Å²) in [6.07, 6.45) is 5.66. The zero-order valence-electron chi connectivity index (χ0n) is 13.8. The van der Waals surface area contributed by atoms with E-state index in [2.05, 4.69) is 15.2 Å². The quantitative estimate of drug-likeness (QED) is 0.888. The lowest BCUT2D eigenvalue weighted by Gasteiger charge is -2.37. The van der Waals surface area contributed by atoms with E-state index >= 15 is 0 Å². The maximum atomic E-state index is 12.5. The molecule has 0 spiro atoms. The van der Waals surface area contributed by atoms with Crippen LogP contribution in [0.25, 0.3) is 0 Å². The van der Waals surface area contributed by atoms with Crippen molar-refractivity contribution in [2.24, 2.45) is 11.7 Å². The SMILES string of the molecule is CC1(N)CCCCC1C(=O)Nc1ccc(N2CCOCC2)nc1. The van der Waals surface area contributed by atoms with Crippen LogP contribution in [0.1, 0.15) is 32.6 Å². The molecule has 0 radical (unpaired) electrons. The van der Waals surface area contributed by atoms with Crippen LogP contribution in [0.3, 0.4) is 0 Å². The maximum absolute atomic E-state index is 12.5. The van der Waals surface area contributed by atoms with Crippen LogP contribution < -0.4 is 16.0 Å². The average Bonchev–Trinajstić information content (AvgIpc) is 2.56. The van der Waals surface area contributed by atoms with Crippen molar-refractivity contribution in [2.75, 3.05) is 36.5 Å². The van der Waals surface area contributed by atoms with Crippen LogP contribution >= 0.6 is 0 Å². The van der Waals surface area contributed by atoms with Gasteiger partial charge in [-0.3, -0.25) is 4.79 Å². The molecule has 1 saturated carbocycles. The summed E-state index contributed by atoms with van der Waals surface area (Å²) in [6, 6.07) is 3.86. The number of anilines is 2. The van der Waals surface area contributed by atoms with Gasteiger partial charge in [-0.1, -0.05) is 12.8 Å². The lowest BCUT2D eigenvalue weighted by atomic mass is 9.74. The third-order valence-electron chi connectivity index (χ3n) is 4.92. The first-order valence-corrected chi connectivity index (χ1v) is 8.45. The van der Waals surface area contributed by atoms with Crippen LogP contribution in [0, 0.1) is 5.92 Å². The van der Waals surface area contributed by atoms with Gasteiger partial charge in [0.15, 0.2) is 0 Å². The summed E-state index contributed by atoms with van der Waals surface area (Å²) in [5.74, 6) is 0.804. The molecule has 2 aliphatic rings. The highest BCUT2D eigenvalue weighted by atomic mass is 16.5. The van der Waals surface area contributed by atoms with Gasteiger partial charge in [0.2, 0.25) is 5.91 Å².